The maximum atomic E-state index is 12.9. The van der Waals surface area contributed by atoms with Crippen molar-refractivity contribution in [3.63, 3.8) is 0 Å². The molecule has 10 heteroatoms. The Morgan fingerprint density at radius 1 is 1.00 bits per heavy atom. The Labute approximate surface area is 251 Å². The van der Waals surface area contributed by atoms with Crippen LogP contribution in [0.25, 0.3) is 22.1 Å². The van der Waals surface area contributed by atoms with Gasteiger partial charge in [-0.3, -0.25) is 0 Å². The number of carbonyl (C=O) groups is 1. The highest BCUT2D eigenvalue weighted by molar-refractivity contribution is 5.87. The molecule has 1 fully saturated rings. The molecule has 0 bridgehead atoms. The monoisotopic (exact) mass is 579 g/mol. The van der Waals surface area contributed by atoms with Crippen molar-refractivity contribution in [2.24, 2.45) is 7.05 Å². The third-order valence-corrected chi connectivity index (χ3v) is 7.61. The van der Waals surface area contributed by atoms with E-state index in [2.05, 4.69) is 20.3 Å². The van der Waals surface area contributed by atoms with Gasteiger partial charge in [-0.1, -0.05) is 6.42 Å². The van der Waals surface area contributed by atoms with Crippen LogP contribution in [0.2, 0.25) is 0 Å². The molecule has 1 unspecified atom stereocenters. The molecule has 222 valence electrons. The maximum absolute atomic E-state index is 12.9. The van der Waals surface area contributed by atoms with Crippen LogP contribution in [-0.2, 0) is 11.8 Å². The van der Waals surface area contributed by atoms with Gasteiger partial charge < -0.3 is 24.3 Å². The molecule has 43 heavy (non-hydrogen) atoms. The van der Waals surface area contributed by atoms with Crippen molar-refractivity contribution in [1.29, 1.82) is 0 Å². The van der Waals surface area contributed by atoms with E-state index in [4.69, 9.17) is 14.5 Å². The van der Waals surface area contributed by atoms with Crippen LogP contribution in [0, 0.1) is 6.92 Å². The molecular weight excluding hydrogens is 542 g/mol. The van der Waals surface area contributed by atoms with Gasteiger partial charge in [-0.2, -0.15) is 0 Å². The highest BCUT2D eigenvalue weighted by atomic mass is 16.6. The predicted octanol–water partition coefficient (Wildman–Crippen LogP) is 7.26. The van der Waals surface area contributed by atoms with Gasteiger partial charge in [-0.15, -0.1) is 0 Å². The average Bonchev–Trinajstić information content (AvgIpc) is 3.16. The van der Waals surface area contributed by atoms with Crippen LogP contribution in [0.1, 0.15) is 57.2 Å². The number of carbonyl (C=O) groups excluding carboxylic acids is 1. The number of hydrogen-bond acceptors (Lipinski definition) is 8. The van der Waals surface area contributed by atoms with E-state index in [-0.39, 0.29) is 12.0 Å². The topological polar surface area (TPSA) is 107 Å². The van der Waals surface area contributed by atoms with E-state index in [1.54, 1.807) is 12.7 Å². The second kappa shape index (κ2) is 11.5. The Kier molecular flexibility index (Phi) is 7.60. The van der Waals surface area contributed by atoms with Gasteiger partial charge in [-0.25, -0.2) is 24.7 Å². The summed E-state index contributed by atoms with van der Waals surface area (Å²) in [5.74, 6) is 2.21. The van der Waals surface area contributed by atoms with Crippen molar-refractivity contribution >= 4 is 39.7 Å². The standard InChI is InChI=1S/C33H37N7O3/c1-21-16-23(9-14-29(21)42-24-10-13-28-27(17-24)36-20-39(28)5)37-31-30-26(34-19-35-31)12-11-25(38-30)22-8-6-7-15-40(18-22)32(41)43-33(2,3)4/h9-14,16-17,19-20,22H,6-8,15,18H2,1-5H3,(H,34,35,37). The van der Waals surface area contributed by atoms with Gasteiger partial charge in [-0.05, 0) is 88.6 Å². The molecule has 1 saturated heterocycles. The lowest BCUT2D eigenvalue weighted by molar-refractivity contribution is 0.0248. The molecule has 1 aliphatic rings. The predicted molar refractivity (Wildman–Crippen MR) is 167 cm³/mol. The number of pyridine rings is 1. The Morgan fingerprint density at radius 2 is 1.86 bits per heavy atom. The second-order valence-electron chi connectivity index (χ2n) is 12.2. The fourth-order valence-electron chi connectivity index (χ4n) is 5.43. The first kappa shape index (κ1) is 28.4. The van der Waals surface area contributed by atoms with Crippen LogP contribution in [-0.4, -0.2) is 54.2 Å². The first-order valence-corrected chi connectivity index (χ1v) is 14.7. The molecule has 0 spiro atoms. The highest BCUT2D eigenvalue weighted by Crippen LogP contribution is 2.32. The summed E-state index contributed by atoms with van der Waals surface area (Å²) in [5, 5.41) is 3.43. The fourth-order valence-corrected chi connectivity index (χ4v) is 5.43. The molecule has 1 atom stereocenters. The number of imidazole rings is 1. The van der Waals surface area contributed by atoms with Crippen LogP contribution < -0.4 is 10.1 Å². The summed E-state index contributed by atoms with van der Waals surface area (Å²) >= 11 is 0. The van der Waals surface area contributed by atoms with E-state index >= 15 is 0 Å². The Bertz CT molecular complexity index is 1790. The van der Waals surface area contributed by atoms with E-state index in [0.29, 0.717) is 24.4 Å². The maximum Gasteiger partial charge on any atom is 0.410 e. The minimum Gasteiger partial charge on any atom is -0.457 e. The quantitative estimate of drug-likeness (QED) is 0.232. The van der Waals surface area contributed by atoms with E-state index in [1.807, 2.05) is 92.7 Å². The Hall–Kier alpha value is -4.73. The lowest BCUT2D eigenvalue weighted by Crippen LogP contribution is -2.38. The smallest absolute Gasteiger partial charge is 0.410 e. The fraction of sp³-hybridized carbons (Fsp3) is 0.364. The molecule has 6 rings (SSSR count). The van der Waals surface area contributed by atoms with Gasteiger partial charge in [0.2, 0.25) is 0 Å². The molecule has 10 nitrogen and oxygen atoms in total. The Morgan fingerprint density at radius 3 is 2.67 bits per heavy atom. The van der Waals surface area contributed by atoms with E-state index in [1.165, 1.54) is 0 Å². The first-order valence-electron chi connectivity index (χ1n) is 14.7. The number of aromatic nitrogens is 5. The molecule has 1 aliphatic heterocycles. The SMILES string of the molecule is Cc1cc(Nc2ncnc3ccc(C4CCCCN(C(=O)OC(C)(C)C)C4)nc23)ccc1Oc1ccc2c(c1)ncn2C. The van der Waals surface area contributed by atoms with Crippen LogP contribution in [0.3, 0.4) is 0 Å². The van der Waals surface area contributed by atoms with Gasteiger partial charge in [0, 0.05) is 43.5 Å². The molecule has 0 radical (unpaired) electrons. The van der Waals surface area contributed by atoms with Crippen LogP contribution in [0.5, 0.6) is 11.5 Å². The number of amides is 1. The number of ether oxygens (including phenoxy) is 2. The molecule has 5 aromatic rings. The number of anilines is 2. The zero-order valence-corrected chi connectivity index (χ0v) is 25.3. The summed E-state index contributed by atoms with van der Waals surface area (Å²) in [6.07, 6.45) is 5.97. The molecular formula is C33H37N7O3. The first-order chi connectivity index (χ1) is 20.6. The van der Waals surface area contributed by atoms with E-state index in [0.717, 1.165) is 64.3 Å². The van der Waals surface area contributed by atoms with Crippen molar-refractivity contribution in [1.82, 2.24) is 29.4 Å². The van der Waals surface area contributed by atoms with Crippen LogP contribution in [0.4, 0.5) is 16.3 Å². The van der Waals surface area contributed by atoms with E-state index in [9.17, 15) is 4.79 Å². The average molecular weight is 580 g/mol. The van der Waals surface area contributed by atoms with Gasteiger partial charge in [0.15, 0.2) is 5.82 Å². The third-order valence-electron chi connectivity index (χ3n) is 7.61. The minimum atomic E-state index is -0.533. The molecule has 3 aromatic heterocycles. The van der Waals surface area contributed by atoms with Gasteiger partial charge in [0.25, 0.3) is 0 Å². The lowest BCUT2D eigenvalue weighted by atomic mass is 9.98. The molecule has 1 amide bonds. The third kappa shape index (κ3) is 6.38. The molecule has 0 saturated carbocycles. The summed E-state index contributed by atoms with van der Waals surface area (Å²) in [6.45, 7) is 8.94. The minimum absolute atomic E-state index is 0.0939. The van der Waals surface area contributed by atoms with E-state index < -0.39 is 5.60 Å². The lowest BCUT2D eigenvalue weighted by Gasteiger charge is -2.28. The summed E-state index contributed by atoms with van der Waals surface area (Å²) in [6, 6.07) is 15.8. The number of likely N-dealkylation sites (tertiary alicyclic amines) is 1. The number of aryl methyl sites for hydroxylation is 2. The zero-order valence-electron chi connectivity index (χ0n) is 25.3. The van der Waals surface area contributed by atoms with Crippen molar-refractivity contribution in [3.8, 4) is 11.5 Å². The van der Waals surface area contributed by atoms with Crippen molar-refractivity contribution in [3.05, 3.63) is 72.4 Å². The zero-order chi connectivity index (χ0) is 30.1. The highest BCUT2D eigenvalue weighted by Gasteiger charge is 2.28. The summed E-state index contributed by atoms with van der Waals surface area (Å²) in [4.78, 5) is 33.1. The second-order valence-corrected chi connectivity index (χ2v) is 12.2. The van der Waals surface area contributed by atoms with Crippen LogP contribution >= 0.6 is 0 Å². The van der Waals surface area contributed by atoms with Gasteiger partial charge in [0.05, 0.1) is 22.9 Å². The number of nitrogens with one attached hydrogen (secondary N) is 1. The molecule has 4 heterocycles. The number of rotatable bonds is 5. The van der Waals surface area contributed by atoms with Gasteiger partial charge >= 0.3 is 6.09 Å². The Balaban J connectivity index is 1.21. The molecule has 1 N–H and O–H groups in total. The largest absolute Gasteiger partial charge is 0.457 e. The number of fused-ring (bicyclic) bond motifs is 2. The van der Waals surface area contributed by atoms with Crippen LogP contribution in [0.15, 0.2) is 61.2 Å². The summed E-state index contributed by atoms with van der Waals surface area (Å²) < 4.78 is 13.8. The number of hydrogen-bond donors (Lipinski definition) is 1. The van der Waals surface area contributed by atoms with Crippen molar-refractivity contribution in [2.45, 2.75) is 58.5 Å². The van der Waals surface area contributed by atoms with Gasteiger partial charge in [0.1, 0.15) is 28.9 Å². The van der Waals surface area contributed by atoms with Crippen molar-refractivity contribution < 1.29 is 14.3 Å². The summed E-state index contributed by atoms with van der Waals surface area (Å²) in [7, 11) is 1.97. The van der Waals surface area contributed by atoms with Crippen molar-refractivity contribution in [2.75, 3.05) is 18.4 Å². The number of benzene rings is 2. The molecule has 2 aromatic carbocycles. The normalized spacial score (nSPS) is 15.8. The molecule has 0 aliphatic carbocycles. The summed E-state index contributed by atoms with van der Waals surface area (Å²) in [5.41, 5.74) is 5.60. The number of nitrogens with zero attached hydrogens (tertiary/aromatic N) is 6.